The standard InChI is InChI=1S/C12H14BrNO5S.ClH/c1-18-12(15)11-6-9(7-14-11)19-20(16,17)10-4-2-8(13)3-5-10;/h2-5,9,11,14H,6-7H2,1H3;1H/t9-,11-;/m0./s1. The quantitative estimate of drug-likeness (QED) is 0.609. The van der Waals surface area contributed by atoms with Gasteiger partial charge in [-0.1, -0.05) is 15.9 Å². The third-order valence-corrected chi connectivity index (χ3v) is 4.85. The third-order valence-electron chi connectivity index (χ3n) is 2.94. The molecule has 0 amide bonds. The van der Waals surface area contributed by atoms with E-state index in [0.717, 1.165) is 4.47 Å². The van der Waals surface area contributed by atoms with Gasteiger partial charge in [-0.05, 0) is 24.3 Å². The van der Waals surface area contributed by atoms with Crippen molar-refractivity contribution in [3.63, 3.8) is 0 Å². The molecule has 1 aliphatic heterocycles. The Morgan fingerprint density at radius 1 is 1.33 bits per heavy atom. The summed E-state index contributed by atoms with van der Waals surface area (Å²) >= 11 is 3.24. The fourth-order valence-electron chi connectivity index (χ4n) is 1.93. The largest absolute Gasteiger partial charge is 0.468 e. The van der Waals surface area contributed by atoms with Crippen LogP contribution < -0.4 is 5.32 Å². The van der Waals surface area contributed by atoms with Gasteiger partial charge in [0.25, 0.3) is 10.1 Å². The molecule has 0 unspecified atom stereocenters. The van der Waals surface area contributed by atoms with E-state index in [1.165, 1.54) is 19.2 Å². The van der Waals surface area contributed by atoms with Crippen LogP contribution >= 0.6 is 28.3 Å². The van der Waals surface area contributed by atoms with Crippen molar-refractivity contribution in [2.24, 2.45) is 0 Å². The van der Waals surface area contributed by atoms with Gasteiger partial charge in [-0.2, -0.15) is 8.42 Å². The van der Waals surface area contributed by atoms with Gasteiger partial charge in [0.15, 0.2) is 0 Å². The van der Waals surface area contributed by atoms with Crippen molar-refractivity contribution in [3.8, 4) is 0 Å². The molecule has 1 aliphatic rings. The summed E-state index contributed by atoms with van der Waals surface area (Å²) in [5.41, 5.74) is 0. The highest BCUT2D eigenvalue weighted by Gasteiger charge is 2.34. The summed E-state index contributed by atoms with van der Waals surface area (Å²) in [6.07, 6.45) is -0.310. The first-order valence-corrected chi connectivity index (χ1v) is 8.12. The summed E-state index contributed by atoms with van der Waals surface area (Å²) in [5.74, 6) is -0.419. The molecule has 1 aromatic carbocycles. The van der Waals surface area contributed by atoms with Gasteiger partial charge in [-0.3, -0.25) is 8.98 Å². The minimum atomic E-state index is -3.83. The molecule has 1 aromatic rings. The molecule has 0 saturated carbocycles. The monoisotopic (exact) mass is 399 g/mol. The van der Waals surface area contributed by atoms with Crippen LogP contribution in [-0.4, -0.2) is 40.2 Å². The number of carbonyl (C=O) groups is 1. The molecule has 1 fully saturated rings. The van der Waals surface area contributed by atoms with Gasteiger partial charge >= 0.3 is 5.97 Å². The number of hydrogen-bond acceptors (Lipinski definition) is 6. The Morgan fingerprint density at radius 3 is 2.52 bits per heavy atom. The molecule has 9 heteroatoms. The maximum Gasteiger partial charge on any atom is 0.322 e. The Morgan fingerprint density at radius 2 is 1.95 bits per heavy atom. The van der Waals surface area contributed by atoms with Crippen LogP contribution in [0.15, 0.2) is 33.6 Å². The van der Waals surface area contributed by atoms with Crippen LogP contribution in [0.2, 0.25) is 0 Å². The Hall–Kier alpha value is -0.670. The molecule has 0 spiro atoms. The molecule has 1 N–H and O–H groups in total. The highest BCUT2D eigenvalue weighted by molar-refractivity contribution is 9.10. The van der Waals surface area contributed by atoms with Gasteiger partial charge in [0.2, 0.25) is 0 Å². The first-order chi connectivity index (χ1) is 9.42. The predicted molar refractivity (Wildman–Crippen MR) is 81.9 cm³/mol. The lowest BCUT2D eigenvalue weighted by Crippen LogP contribution is -2.31. The second-order valence-electron chi connectivity index (χ2n) is 4.35. The Balaban J connectivity index is 0.00000220. The number of carbonyl (C=O) groups excluding carboxylic acids is 1. The second kappa shape index (κ2) is 7.55. The molecule has 1 saturated heterocycles. The minimum Gasteiger partial charge on any atom is -0.468 e. The Bertz CT molecular complexity index is 592. The molecule has 0 bridgehead atoms. The molecule has 21 heavy (non-hydrogen) atoms. The van der Waals surface area contributed by atoms with Crippen LogP contribution in [0.25, 0.3) is 0 Å². The smallest absolute Gasteiger partial charge is 0.322 e. The Kier molecular flexibility index (Phi) is 6.61. The van der Waals surface area contributed by atoms with Crippen molar-refractivity contribution >= 4 is 44.4 Å². The molecule has 2 atom stereocenters. The van der Waals surface area contributed by atoms with Crippen LogP contribution in [0.3, 0.4) is 0 Å². The number of halogens is 2. The van der Waals surface area contributed by atoms with Gasteiger partial charge in [0.1, 0.15) is 6.04 Å². The topological polar surface area (TPSA) is 81.7 Å². The third kappa shape index (κ3) is 4.65. The molecule has 118 valence electrons. The van der Waals surface area contributed by atoms with E-state index in [9.17, 15) is 13.2 Å². The number of esters is 1. The molecule has 6 nitrogen and oxygen atoms in total. The number of hydrogen-bond donors (Lipinski definition) is 1. The summed E-state index contributed by atoms with van der Waals surface area (Å²) in [4.78, 5) is 11.4. The van der Waals surface area contributed by atoms with Gasteiger partial charge in [0.05, 0.1) is 18.1 Å². The van der Waals surface area contributed by atoms with Crippen molar-refractivity contribution in [2.75, 3.05) is 13.7 Å². The highest BCUT2D eigenvalue weighted by Crippen LogP contribution is 2.21. The molecule has 0 aliphatic carbocycles. The van der Waals surface area contributed by atoms with Crippen molar-refractivity contribution in [1.29, 1.82) is 0 Å². The number of ether oxygens (including phenoxy) is 1. The van der Waals surface area contributed by atoms with Gasteiger partial charge in [-0.25, -0.2) is 0 Å². The lowest BCUT2D eigenvalue weighted by atomic mass is 10.2. The fraction of sp³-hybridized carbons (Fsp3) is 0.417. The summed E-state index contributed by atoms with van der Waals surface area (Å²) < 4.78 is 34.6. The lowest BCUT2D eigenvalue weighted by Gasteiger charge is -2.11. The average molecular weight is 401 g/mol. The molecular formula is C12H15BrClNO5S. The summed E-state index contributed by atoms with van der Waals surface area (Å²) in [5, 5.41) is 2.87. The van der Waals surface area contributed by atoms with E-state index < -0.39 is 28.2 Å². The number of methoxy groups -OCH3 is 1. The zero-order chi connectivity index (χ0) is 14.8. The molecule has 0 aromatic heterocycles. The van der Waals surface area contributed by atoms with Crippen LogP contribution in [-0.2, 0) is 23.8 Å². The zero-order valence-electron chi connectivity index (χ0n) is 11.1. The summed E-state index contributed by atoms with van der Waals surface area (Å²) in [7, 11) is -2.54. The molecule has 2 rings (SSSR count). The van der Waals surface area contributed by atoms with Crippen molar-refractivity contribution in [3.05, 3.63) is 28.7 Å². The Labute approximate surface area is 137 Å². The van der Waals surface area contributed by atoms with E-state index in [-0.39, 0.29) is 30.3 Å². The molecule has 1 heterocycles. The molecular weight excluding hydrogens is 386 g/mol. The SMILES string of the molecule is COC(=O)[C@@H]1C[C@H](OS(=O)(=O)c2ccc(Br)cc2)CN1.Cl. The first kappa shape index (κ1) is 18.4. The minimum absolute atomic E-state index is 0. The van der Waals surface area contributed by atoms with E-state index in [2.05, 4.69) is 26.0 Å². The highest BCUT2D eigenvalue weighted by atomic mass is 79.9. The van der Waals surface area contributed by atoms with E-state index >= 15 is 0 Å². The number of nitrogens with one attached hydrogen (secondary N) is 1. The zero-order valence-corrected chi connectivity index (χ0v) is 14.3. The van der Waals surface area contributed by atoms with E-state index in [1.54, 1.807) is 12.1 Å². The van der Waals surface area contributed by atoms with Crippen LogP contribution in [0.5, 0.6) is 0 Å². The lowest BCUT2D eigenvalue weighted by molar-refractivity contribution is -0.142. The number of benzene rings is 1. The number of rotatable bonds is 4. The van der Waals surface area contributed by atoms with Gasteiger partial charge in [0, 0.05) is 17.4 Å². The van der Waals surface area contributed by atoms with Crippen molar-refractivity contribution in [1.82, 2.24) is 5.32 Å². The van der Waals surface area contributed by atoms with Crippen LogP contribution in [0.4, 0.5) is 0 Å². The van der Waals surface area contributed by atoms with Gasteiger partial charge in [-0.15, -0.1) is 12.4 Å². The van der Waals surface area contributed by atoms with Crippen LogP contribution in [0.1, 0.15) is 6.42 Å². The first-order valence-electron chi connectivity index (χ1n) is 5.92. The maximum absolute atomic E-state index is 12.1. The van der Waals surface area contributed by atoms with Crippen molar-refractivity contribution in [2.45, 2.75) is 23.5 Å². The normalized spacial score (nSPS) is 21.6. The van der Waals surface area contributed by atoms with E-state index in [0.29, 0.717) is 0 Å². The average Bonchev–Trinajstić information content (AvgIpc) is 2.86. The summed E-state index contributed by atoms with van der Waals surface area (Å²) in [6, 6.07) is 5.64. The summed E-state index contributed by atoms with van der Waals surface area (Å²) in [6.45, 7) is 0.287. The van der Waals surface area contributed by atoms with Crippen molar-refractivity contribution < 1.29 is 22.1 Å². The van der Waals surface area contributed by atoms with Crippen LogP contribution in [0, 0.1) is 0 Å². The predicted octanol–water partition coefficient (Wildman–Crippen LogP) is 1.48. The second-order valence-corrected chi connectivity index (χ2v) is 6.83. The van der Waals surface area contributed by atoms with E-state index in [4.69, 9.17) is 4.18 Å². The maximum atomic E-state index is 12.1. The van der Waals surface area contributed by atoms with E-state index in [1.807, 2.05) is 0 Å². The fourth-order valence-corrected chi connectivity index (χ4v) is 3.28. The molecule has 0 radical (unpaired) electrons. The van der Waals surface area contributed by atoms with Gasteiger partial charge < -0.3 is 10.1 Å².